The average Bonchev–Trinajstić information content (AvgIpc) is 3.16. The Bertz CT molecular complexity index is 489. The van der Waals surface area contributed by atoms with Crippen LogP contribution < -0.4 is 5.32 Å². The monoisotopic (exact) mass is 329 g/mol. The molecule has 0 aliphatic carbocycles. The van der Waals surface area contributed by atoms with Gasteiger partial charge in [0, 0.05) is 19.6 Å². The summed E-state index contributed by atoms with van der Waals surface area (Å²) in [6.07, 6.45) is 5.31. The minimum absolute atomic E-state index is 0. The lowest BCUT2D eigenvalue weighted by Crippen LogP contribution is -2.35. The Labute approximate surface area is 136 Å². The summed E-state index contributed by atoms with van der Waals surface area (Å²) in [4.78, 5) is 13.9. The van der Waals surface area contributed by atoms with Gasteiger partial charge in [-0.05, 0) is 38.3 Å². The van der Waals surface area contributed by atoms with Gasteiger partial charge in [-0.2, -0.15) is 0 Å². The number of likely N-dealkylation sites (tertiary alicyclic amines) is 1. The van der Waals surface area contributed by atoms with Crippen LogP contribution in [0.2, 0.25) is 0 Å². The fourth-order valence-corrected chi connectivity index (χ4v) is 3.28. The first-order valence-corrected chi connectivity index (χ1v) is 7.69. The molecule has 124 valence electrons. The molecule has 3 heterocycles. The molecule has 8 heteroatoms. The van der Waals surface area contributed by atoms with Crippen molar-refractivity contribution in [2.75, 3.05) is 39.8 Å². The third-order valence-corrected chi connectivity index (χ3v) is 4.50. The van der Waals surface area contributed by atoms with Crippen molar-refractivity contribution in [3.63, 3.8) is 0 Å². The third-order valence-electron chi connectivity index (χ3n) is 4.50. The minimum Gasteiger partial charge on any atom is -0.464 e. The molecule has 0 aromatic carbocycles. The van der Waals surface area contributed by atoms with E-state index in [1.165, 1.54) is 26.5 Å². The number of rotatable bonds is 4. The molecular formula is C14H24ClN5O2. The molecule has 0 radical (unpaired) electrons. The Morgan fingerprint density at radius 3 is 2.91 bits per heavy atom. The maximum absolute atomic E-state index is 11.4. The van der Waals surface area contributed by atoms with Gasteiger partial charge < -0.3 is 15.0 Å². The van der Waals surface area contributed by atoms with Crippen LogP contribution in [0.1, 0.15) is 35.8 Å². The number of ether oxygens (including phenoxy) is 1. The Kier molecular flexibility index (Phi) is 6.16. The van der Waals surface area contributed by atoms with E-state index < -0.39 is 5.97 Å². The largest absolute Gasteiger partial charge is 0.464 e. The van der Waals surface area contributed by atoms with Crippen LogP contribution in [-0.4, -0.2) is 65.7 Å². The first-order chi connectivity index (χ1) is 10.3. The van der Waals surface area contributed by atoms with Gasteiger partial charge in [0.25, 0.3) is 0 Å². The molecule has 1 aromatic heterocycles. The van der Waals surface area contributed by atoms with Gasteiger partial charge in [0.15, 0.2) is 5.69 Å². The maximum atomic E-state index is 11.4. The van der Waals surface area contributed by atoms with Crippen molar-refractivity contribution in [1.82, 2.24) is 25.2 Å². The van der Waals surface area contributed by atoms with Crippen molar-refractivity contribution in [1.29, 1.82) is 0 Å². The molecule has 1 aromatic rings. The van der Waals surface area contributed by atoms with Crippen molar-refractivity contribution in [2.45, 2.75) is 25.3 Å². The topological polar surface area (TPSA) is 72.3 Å². The third kappa shape index (κ3) is 3.97. The van der Waals surface area contributed by atoms with E-state index in [1.54, 1.807) is 6.20 Å². The number of carbonyl (C=O) groups is 1. The normalized spacial score (nSPS) is 23.2. The summed E-state index contributed by atoms with van der Waals surface area (Å²) in [6, 6.07) is 0.317. The Morgan fingerprint density at radius 2 is 2.18 bits per heavy atom. The number of halogens is 1. The van der Waals surface area contributed by atoms with Crippen LogP contribution in [0.25, 0.3) is 0 Å². The highest BCUT2D eigenvalue weighted by molar-refractivity contribution is 5.86. The quantitative estimate of drug-likeness (QED) is 0.821. The standard InChI is InChI=1S/C14H23N5O2.ClH/c1-21-14(20)13-10-19(17-16-13)12-4-7-18(9-12)8-11-2-5-15-6-3-11;/h10-12,15H,2-9H2,1H3;1H. The van der Waals surface area contributed by atoms with Crippen molar-refractivity contribution in [3.8, 4) is 0 Å². The minimum atomic E-state index is -0.425. The van der Waals surface area contributed by atoms with Crippen LogP contribution in [0, 0.1) is 5.92 Å². The van der Waals surface area contributed by atoms with E-state index >= 15 is 0 Å². The number of methoxy groups -OCH3 is 1. The van der Waals surface area contributed by atoms with E-state index in [2.05, 4.69) is 25.3 Å². The van der Waals surface area contributed by atoms with Gasteiger partial charge in [0.1, 0.15) is 0 Å². The number of hydrogen-bond acceptors (Lipinski definition) is 6. The zero-order valence-corrected chi connectivity index (χ0v) is 13.7. The van der Waals surface area contributed by atoms with Gasteiger partial charge in [-0.1, -0.05) is 5.21 Å². The highest BCUT2D eigenvalue weighted by atomic mass is 35.5. The van der Waals surface area contributed by atoms with Crippen LogP contribution >= 0.6 is 12.4 Å². The second-order valence-corrected chi connectivity index (χ2v) is 5.97. The molecule has 2 aliphatic rings. The number of aromatic nitrogens is 3. The van der Waals surface area contributed by atoms with E-state index in [0.29, 0.717) is 6.04 Å². The van der Waals surface area contributed by atoms with Crippen LogP contribution in [0.4, 0.5) is 0 Å². The molecule has 0 saturated carbocycles. The van der Waals surface area contributed by atoms with Crippen LogP contribution in [0.5, 0.6) is 0 Å². The Morgan fingerprint density at radius 1 is 1.41 bits per heavy atom. The van der Waals surface area contributed by atoms with Gasteiger partial charge in [-0.15, -0.1) is 17.5 Å². The molecule has 2 fully saturated rings. The van der Waals surface area contributed by atoms with Crippen molar-refractivity contribution >= 4 is 18.4 Å². The van der Waals surface area contributed by atoms with E-state index in [1.807, 2.05) is 4.68 Å². The average molecular weight is 330 g/mol. The van der Waals surface area contributed by atoms with Gasteiger partial charge >= 0.3 is 5.97 Å². The highest BCUT2D eigenvalue weighted by Crippen LogP contribution is 2.23. The molecule has 0 bridgehead atoms. The lowest BCUT2D eigenvalue weighted by molar-refractivity contribution is 0.0594. The van der Waals surface area contributed by atoms with E-state index in [4.69, 9.17) is 0 Å². The highest BCUT2D eigenvalue weighted by Gasteiger charge is 2.27. The Hall–Kier alpha value is -1.18. The summed E-state index contributed by atoms with van der Waals surface area (Å²) in [5, 5.41) is 11.4. The first kappa shape index (κ1) is 17.2. The number of piperidine rings is 1. The molecule has 1 unspecified atom stereocenters. The predicted molar refractivity (Wildman–Crippen MR) is 84.3 cm³/mol. The molecule has 22 heavy (non-hydrogen) atoms. The summed E-state index contributed by atoms with van der Waals surface area (Å²) >= 11 is 0. The summed E-state index contributed by atoms with van der Waals surface area (Å²) < 4.78 is 6.48. The molecular weight excluding hydrogens is 306 g/mol. The fourth-order valence-electron chi connectivity index (χ4n) is 3.28. The smallest absolute Gasteiger partial charge is 0.360 e. The van der Waals surface area contributed by atoms with Crippen molar-refractivity contribution in [3.05, 3.63) is 11.9 Å². The zero-order valence-electron chi connectivity index (χ0n) is 12.9. The lowest BCUT2D eigenvalue weighted by Gasteiger charge is -2.27. The molecule has 3 rings (SSSR count). The number of nitrogens with one attached hydrogen (secondary N) is 1. The number of carbonyl (C=O) groups excluding carboxylic acids is 1. The second kappa shape index (κ2) is 7.89. The first-order valence-electron chi connectivity index (χ1n) is 7.69. The fraction of sp³-hybridized carbons (Fsp3) is 0.786. The van der Waals surface area contributed by atoms with Crippen LogP contribution in [0.3, 0.4) is 0 Å². The zero-order chi connectivity index (χ0) is 14.7. The molecule has 1 atom stereocenters. The molecule has 7 nitrogen and oxygen atoms in total. The predicted octanol–water partition coefficient (Wildman–Crippen LogP) is 0.733. The molecule has 0 spiro atoms. The molecule has 1 N–H and O–H groups in total. The molecule has 0 amide bonds. The summed E-state index contributed by atoms with van der Waals surface area (Å²) in [5.41, 5.74) is 0.286. The molecule has 2 aliphatic heterocycles. The Balaban J connectivity index is 0.00000176. The maximum Gasteiger partial charge on any atom is 0.360 e. The summed E-state index contributed by atoms with van der Waals surface area (Å²) in [7, 11) is 1.36. The van der Waals surface area contributed by atoms with Crippen LogP contribution in [-0.2, 0) is 4.74 Å². The van der Waals surface area contributed by atoms with Gasteiger partial charge in [-0.3, -0.25) is 0 Å². The number of hydrogen-bond donors (Lipinski definition) is 1. The van der Waals surface area contributed by atoms with Gasteiger partial charge in [0.2, 0.25) is 0 Å². The van der Waals surface area contributed by atoms with E-state index in [9.17, 15) is 4.79 Å². The molecule has 2 saturated heterocycles. The van der Waals surface area contributed by atoms with E-state index in [0.717, 1.165) is 38.5 Å². The number of esters is 1. The van der Waals surface area contributed by atoms with Crippen molar-refractivity contribution in [2.24, 2.45) is 5.92 Å². The summed E-state index contributed by atoms with van der Waals surface area (Å²) in [5.74, 6) is 0.386. The van der Waals surface area contributed by atoms with Gasteiger partial charge in [0.05, 0.1) is 19.3 Å². The number of nitrogens with zero attached hydrogens (tertiary/aromatic N) is 4. The lowest BCUT2D eigenvalue weighted by atomic mass is 9.98. The van der Waals surface area contributed by atoms with Crippen molar-refractivity contribution < 1.29 is 9.53 Å². The SMILES string of the molecule is COC(=O)c1cn(C2CCN(CC3CCNCC3)C2)nn1.Cl. The second-order valence-electron chi connectivity index (χ2n) is 5.97. The van der Waals surface area contributed by atoms with Crippen LogP contribution in [0.15, 0.2) is 6.20 Å². The summed E-state index contributed by atoms with van der Waals surface area (Å²) in [6.45, 7) is 5.56. The van der Waals surface area contributed by atoms with Gasteiger partial charge in [-0.25, -0.2) is 9.48 Å². The van der Waals surface area contributed by atoms with E-state index in [-0.39, 0.29) is 18.1 Å².